The van der Waals surface area contributed by atoms with Gasteiger partial charge in [0.2, 0.25) is 6.79 Å². The Bertz CT molecular complexity index is 1070. The van der Waals surface area contributed by atoms with Crippen LogP contribution in [0.15, 0.2) is 24.3 Å². The van der Waals surface area contributed by atoms with E-state index in [4.69, 9.17) is 14.2 Å². The minimum Gasteiger partial charge on any atom is -0.495 e. The second-order valence-electron chi connectivity index (χ2n) is 8.92. The molecule has 4 heterocycles. The highest BCUT2D eigenvalue weighted by Gasteiger charge is 2.35. The largest absolute Gasteiger partial charge is 0.495 e. The number of ether oxygens (including phenoxy) is 3. The summed E-state index contributed by atoms with van der Waals surface area (Å²) >= 11 is 0. The molecule has 2 aromatic rings. The van der Waals surface area contributed by atoms with Gasteiger partial charge >= 0.3 is 0 Å². The van der Waals surface area contributed by atoms with Gasteiger partial charge in [-0.05, 0) is 55.8 Å². The van der Waals surface area contributed by atoms with Crippen LogP contribution in [0.3, 0.4) is 0 Å². The predicted molar refractivity (Wildman–Crippen MR) is 122 cm³/mol. The summed E-state index contributed by atoms with van der Waals surface area (Å²) in [5, 5.41) is 0. The number of rotatable bonds is 2. The van der Waals surface area contributed by atoms with Crippen molar-refractivity contribution in [1.29, 1.82) is 0 Å². The Kier molecular flexibility index (Phi) is 4.32. The number of benzene rings is 2. The average Bonchev–Trinajstić information content (AvgIpc) is 3.25. The molecule has 1 saturated heterocycles. The Morgan fingerprint density at radius 1 is 1.00 bits per heavy atom. The van der Waals surface area contributed by atoms with Crippen molar-refractivity contribution in [3.05, 3.63) is 46.5 Å². The predicted octanol–water partition coefficient (Wildman–Crippen LogP) is 3.61. The Balaban J connectivity index is 1.49. The van der Waals surface area contributed by atoms with E-state index in [0.29, 0.717) is 6.79 Å². The summed E-state index contributed by atoms with van der Waals surface area (Å²) < 4.78 is 17.2. The summed E-state index contributed by atoms with van der Waals surface area (Å²) in [7, 11) is 3.99. The van der Waals surface area contributed by atoms with E-state index >= 15 is 0 Å². The standard InChI is InChI=1S/C25H29N3O3/c1-16-24-18(4-5-21(29-3)25(24)27-10-8-26(2)9-11-27)12-20-19-14-23-22(30-15-31-23)13-17(19)6-7-28(16)20/h4-5,12-14,16H,6-11,15H2,1-3H3. The van der Waals surface area contributed by atoms with E-state index in [0.717, 1.165) is 56.4 Å². The highest BCUT2D eigenvalue weighted by atomic mass is 16.7. The van der Waals surface area contributed by atoms with Gasteiger partial charge in [-0.15, -0.1) is 0 Å². The average molecular weight is 420 g/mol. The van der Waals surface area contributed by atoms with Gasteiger partial charge in [-0.2, -0.15) is 0 Å². The second kappa shape index (κ2) is 7.09. The van der Waals surface area contributed by atoms with Gasteiger partial charge in [-0.3, -0.25) is 0 Å². The van der Waals surface area contributed by atoms with Gasteiger partial charge in [-0.1, -0.05) is 6.07 Å². The number of hydrogen-bond donors (Lipinski definition) is 0. The van der Waals surface area contributed by atoms with Crippen LogP contribution in [0, 0.1) is 0 Å². The monoisotopic (exact) mass is 419 g/mol. The lowest BCUT2D eigenvalue weighted by atomic mass is 9.86. The van der Waals surface area contributed by atoms with Crippen molar-refractivity contribution in [2.45, 2.75) is 19.4 Å². The lowest BCUT2D eigenvalue weighted by molar-refractivity contribution is 0.174. The fraction of sp³-hybridized carbons (Fsp3) is 0.440. The zero-order chi connectivity index (χ0) is 21.1. The molecule has 1 unspecified atom stereocenters. The molecule has 6 rings (SSSR count). The minimum atomic E-state index is 0.276. The van der Waals surface area contributed by atoms with Crippen molar-refractivity contribution >= 4 is 17.5 Å². The number of piperazine rings is 1. The lowest BCUT2D eigenvalue weighted by Crippen LogP contribution is -2.45. The molecule has 2 aromatic carbocycles. The van der Waals surface area contributed by atoms with Crippen LogP contribution in [-0.4, -0.2) is 63.5 Å². The van der Waals surface area contributed by atoms with Gasteiger partial charge in [0.15, 0.2) is 11.5 Å². The van der Waals surface area contributed by atoms with E-state index in [2.05, 4.69) is 59.0 Å². The van der Waals surface area contributed by atoms with Crippen molar-refractivity contribution in [1.82, 2.24) is 9.80 Å². The van der Waals surface area contributed by atoms with E-state index in [1.807, 2.05) is 0 Å². The summed E-state index contributed by atoms with van der Waals surface area (Å²) in [5.41, 5.74) is 7.84. The molecule has 0 amide bonds. The van der Waals surface area contributed by atoms with Crippen LogP contribution in [0.4, 0.5) is 5.69 Å². The van der Waals surface area contributed by atoms with Gasteiger partial charge in [0.25, 0.3) is 0 Å². The number of fused-ring (bicyclic) bond motifs is 5. The van der Waals surface area contributed by atoms with E-state index in [-0.39, 0.29) is 6.04 Å². The Morgan fingerprint density at radius 2 is 1.77 bits per heavy atom. The molecule has 0 aromatic heterocycles. The summed E-state index contributed by atoms with van der Waals surface area (Å²) in [5.74, 6) is 2.71. The maximum Gasteiger partial charge on any atom is 0.231 e. The first kappa shape index (κ1) is 18.9. The van der Waals surface area contributed by atoms with Gasteiger partial charge in [0.05, 0.1) is 18.8 Å². The van der Waals surface area contributed by atoms with E-state index in [1.54, 1.807) is 7.11 Å². The summed E-state index contributed by atoms with van der Waals surface area (Å²) in [6.45, 7) is 7.85. The molecule has 0 saturated carbocycles. The first-order valence-electron chi connectivity index (χ1n) is 11.2. The highest BCUT2D eigenvalue weighted by Crippen LogP contribution is 2.49. The third-order valence-corrected chi connectivity index (χ3v) is 7.24. The zero-order valence-corrected chi connectivity index (χ0v) is 18.5. The molecule has 162 valence electrons. The molecule has 1 fully saturated rings. The van der Waals surface area contributed by atoms with Crippen molar-refractivity contribution in [2.24, 2.45) is 0 Å². The molecule has 0 spiro atoms. The van der Waals surface area contributed by atoms with Gasteiger partial charge in [0.1, 0.15) is 5.75 Å². The first-order chi connectivity index (χ1) is 15.1. The van der Waals surface area contributed by atoms with Crippen molar-refractivity contribution in [2.75, 3.05) is 58.6 Å². The third-order valence-electron chi connectivity index (χ3n) is 7.24. The van der Waals surface area contributed by atoms with Crippen LogP contribution in [0.1, 0.15) is 35.2 Å². The van der Waals surface area contributed by atoms with Crippen molar-refractivity contribution in [3.8, 4) is 17.2 Å². The topological polar surface area (TPSA) is 37.4 Å². The van der Waals surface area contributed by atoms with Gasteiger partial charge in [-0.25, -0.2) is 0 Å². The lowest BCUT2D eigenvalue weighted by Gasteiger charge is -2.44. The van der Waals surface area contributed by atoms with Crippen LogP contribution in [0.2, 0.25) is 0 Å². The normalized spacial score (nSPS) is 21.9. The quantitative estimate of drug-likeness (QED) is 0.740. The SMILES string of the molecule is COc1ccc2c(c1N1CCN(C)CC1)C(C)N1CCc3cc4c(cc3C1=C2)OCO4. The van der Waals surface area contributed by atoms with Gasteiger partial charge in [0, 0.05) is 49.5 Å². The molecule has 0 radical (unpaired) electrons. The molecule has 4 aliphatic rings. The Labute approximate surface area is 183 Å². The number of likely N-dealkylation sites (N-methyl/N-ethyl adjacent to an activating group) is 1. The maximum absolute atomic E-state index is 5.86. The molecule has 6 heteroatoms. The van der Waals surface area contributed by atoms with Crippen molar-refractivity contribution < 1.29 is 14.2 Å². The summed E-state index contributed by atoms with van der Waals surface area (Å²) in [6, 6.07) is 8.96. The number of anilines is 1. The molecule has 6 nitrogen and oxygen atoms in total. The second-order valence-corrected chi connectivity index (χ2v) is 8.92. The molecule has 4 aliphatic heterocycles. The zero-order valence-electron chi connectivity index (χ0n) is 18.5. The van der Waals surface area contributed by atoms with Crippen LogP contribution < -0.4 is 19.1 Å². The molecule has 0 aliphatic carbocycles. The molecular weight excluding hydrogens is 390 g/mol. The number of nitrogens with zero attached hydrogens (tertiary/aromatic N) is 3. The van der Waals surface area contributed by atoms with E-state index in [1.165, 1.54) is 33.6 Å². The smallest absolute Gasteiger partial charge is 0.231 e. The van der Waals surface area contributed by atoms with Crippen LogP contribution >= 0.6 is 0 Å². The molecular formula is C25H29N3O3. The maximum atomic E-state index is 5.86. The fourth-order valence-corrected chi connectivity index (χ4v) is 5.50. The van der Waals surface area contributed by atoms with Crippen molar-refractivity contribution in [3.63, 3.8) is 0 Å². The van der Waals surface area contributed by atoms with Crippen LogP contribution in [0.25, 0.3) is 11.8 Å². The number of methoxy groups -OCH3 is 1. The van der Waals surface area contributed by atoms with Crippen LogP contribution in [-0.2, 0) is 6.42 Å². The highest BCUT2D eigenvalue weighted by molar-refractivity contribution is 5.89. The molecule has 0 N–H and O–H groups in total. The van der Waals surface area contributed by atoms with Crippen LogP contribution in [0.5, 0.6) is 17.2 Å². The van der Waals surface area contributed by atoms with E-state index in [9.17, 15) is 0 Å². The Hall–Kier alpha value is -2.86. The van der Waals surface area contributed by atoms with Gasteiger partial charge < -0.3 is 28.9 Å². The molecule has 31 heavy (non-hydrogen) atoms. The number of hydrogen-bond acceptors (Lipinski definition) is 6. The minimum absolute atomic E-state index is 0.276. The first-order valence-corrected chi connectivity index (χ1v) is 11.2. The third kappa shape index (κ3) is 2.88. The molecule has 1 atom stereocenters. The summed E-state index contributed by atoms with van der Waals surface area (Å²) in [4.78, 5) is 7.46. The summed E-state index contributed by atoms with van der Waals surface area (Å²) in [6.07, 6.45) is 3.37. The van der Waals surface area contributed by atoms with E-state index < -0.39 is 0 Å². The fourth-order valence-electron chi connectivity index (χ4n) is 5.50. The Morgan fingerprint density at radius 3 is 2.55 bits per heavy atom. The molecule has 0 bridgehead atoms.